The molecule has 0 bridgehead atoms. The molecule has 3 nitrogen and oxygen atoms in total. The van der Waals surface area contributed by atoms with Gasteiger partial charge in [-0.05, 0) is 18.1 Å². The third-order valence-corrected chi connectivity index (χ3v) is 2.85. The summed E-state index contributed by atoms with van der Waals surface area (Å²) in [4.78, 5) is 0. The molecule has 17 heavy (non-hydrogen) atoms. The molecule has 0 heterocycles. The Morgan fingerprint density at radius 3 is 2.59 bits per heavy atom. The van der Waals surface area contributed by atoms with Crippen molar-refractivity contribution in [2.75, 3.05) is 13.7 Å². The van der Waals surface area contributed by atoms with Crippen LogP contribution in [-0.4, -0.2) is 19.7 Å². The molecule has 0 amide bonds. The molecule has 0 aliphatic heterocycles. The van der Waals surface area contributed by atoms with Gasteiger partial charge in [0.05, 0.1) is 7.11 Å². The quantitative estimate of drug-likeness (QED) is 0.796. The van der Waals surface area contributed by atoms with E-state index in [0.717, 1.165) is 24.3 Å². The number of methoxy groups -OCH3 is 1. The predicted molar refractivity (Wildman–Crippen MR) is 72.4 cm³/mol. The number of nitrogens with two attached hydrogens (primary N) is 1. The van der Waals surface area contributed by atoms with Gasteiger partial charge in [-0.15, -0.1) is 0 Å². The Hall–Kier alpha value is -1.06. The van der Waals surface area contributed by atoms with Crippen molar-refractivity contribution in [1.29, 1.82) is 0 Å². The number of aryl methyl sites for hydroxylation is 1. The fourth-order valence-electron chi connectivity index (χ4n) is 1.77. The van der Waals surface area contributed by atoms with Gasteiger partial charge in [-0.1, -0.05) is 32.9 Å². The van der Waals surface area contributed by atoms with E-state index < -0.39 is 0 Å². The molecule has 96 valence electrons. The minimum absolute atomic E-state index is 0.0288. The number of rotatable bonds is 6. The summed E-state index contributed by atoms with van der Waals surface area (Å²) in [7, 11) is 1.69. The zero-order valence-corrected chi connectivity index (χ0v) is 11.3. The molecule has 1 unspecified atom stereocenters. The minimum atomic E-state index is -0.0288. The van der Waals surface area contributed by atoms with Crippen molar-refractivity contribution < 1.29 is 4.74 Å². The van der Waals surface area contributed by atoms with Gasteiger partial charge in [-0.2, -0.15) is 0 Å². The maximum absolute atomic E-state index is 6.20. The summed E-state index contributed by atoms with van der Waals surface area (Å²) in [6, 6.07) is 6.65. The smallest absolute Gasteiger partial charge is 0.123 e. The fourth-order valence-corrected chi connectivity index (χ4v) is 1.77. The van der Waals surface area contributed by atoms with Crippen molar-refractivity contribution in [3.63, 3.8) is 0 Å². The standard InChI is InChI=1S/C14H24N2O/c1-5-11-6-7-14(17-4)12(8-11)13(15)9-16-10(2)3/h6-8,10,13,16H,5,9,15H2,1-4H3. The van der Waals surface area contributed by atoms with E-state index in [2.05, 4.69) is 38.2 Å². The van der Waals surface area contributed by atoms with Crippen molar-refractivity contribution in [3.8, 4) is 5.75 Å². The van der Waals surface area contributed by atoms with Crippen molar-refractivity contribution in [2.24, 2.45) is 5.73 Å². The van der Waals surface area contributed by atoms with Crippen molar-refractivity contribution in [2.45, 2.75) is 39.3 Å². The summed E-state index contributed by atoms with van der Waals surface area (Å²) < 4.78 is 5.36. The van der Waals surface area contributed by atoms with E-state index in [-0.39, 0.29) is 6.04 Å². The molecule has 1 aromatic carbocycles. The van der Waals surface area contributed by atoms with Crippen LogP contribution in [0.15, 0.2) is 18.2 Å². The first-order valence-electron chi connectivity index (χ1n) is 6.24. The van der Waals surface area contributed by atoms with E-state index in [1.165, 1.54) is 5.56 Å². The van der Waals surface area contributed by atoms with E-state index in [4.69, 9.17) is 10.5 Å². The van der Waals surface area contributed by atoms with Gasteiger partial charge in [0.25, 0.3) is 0 Å². The van der Waals surface area contributed by atoms with E-state index >= 15 is 0 Å². The van der Waals surface area contributed by atoms with Crippen LogP contribution >= 0.6 is 0 Å². The molecular formula is C14H24N2O. The van der Waals surface area contributed by atoms with Gasteiger partial charge in [0.2, 0.25) is 0 Å². The largest absolute Gasteiger partial charge is 0.496 e. The van der Waals surface area contributed by atoms with Gasteiger partial charge < -0.3 is 15.8 Å². The second kappa shape index (κ2) is 6.62. The number of benzene rings is 1. The van der Waals surface area contributed by atoms with Gasteiger partial charge in [-0.25, -0.2) is 0 Å². The molecule has 1 aromatic rings. The van der Waals surface area contributed by atoms with Crippen LogP contribution in [0.1, 0.15) is 37.9 Å². The lowest BCUT2D eigenvalue weighted by atomic mass is 10.0. The average molecular weight is 236 g/mol. The molecule has 1 rings (SSSR count). The van der Waals surface area contributed by atoms with Crippen molar-refractivity contribution in [3.05, 3.63) is 29.3 Å². The molecule has 0 saturated carbocycles. The molecule has 3 N–H and O–H groups in total. The third-order valence-electron chi connectivity index (χ3n) is 2.85. The lowest BCUT2D eigenvalue weighted by Gasteiger charge is -2.18. The Kier molecular flexibility index (Phi) is 5.45. The van der Waals surface area contributed by atoms with Crippen LogP contribution in [0.4, 0.5) is 0 Å². The second-order valence-corrected chi connectivity index (χ2v) is 4.60. The monoisotopic (exact) mass is 236 g/mol. The second-order valence-electron chi connectivity index (χ2n) is 4.60. The molecule has 0 aliphatic carbocycles. The van der Waals surface area contributed by atoms with Crippen molar-refractivity contribution in [1.82, 2.24) is 5.32 Å². The minimum Gasteiger partial charge on any atom is -0.496 e. The summed E-state index contributed by atoms with van der Waals surface area (Å²) in [5.41, 5.74) is 8.58. The summed E-state index contributed by atoms with van der Waals surface area (Å²) in [6.07, 6.45) is 1.02. The van der Waals surface area contributed by atoms with Crippen LogP contribution in [0.5, 0.6) is 5.75 Å². The maximum atomic E-state index is 6.20. The number of hydrogen-bond acceptors (Lipinski definition) is 3. The van der Waals surface area contributed by atoms with Gasteiger partial charge in [0, 0.05) is 24.2 Å². The average Bonchev–Trinajstić information content (AvgIpc) is 2.34. The van der Waals surface area contributed by atoms with Gasteiger partial charge in [-0.3, -0.25) is 0 Å². The highest BCUT2D eigenvalue weighted by molar-refractivity contribution is 5.39. The number of ether oxygens (including phenoxy) is 1. The first kappa shape index (κ1) is 14.0. The normalized spacial score (nSPS) is 12.8. The zero-order valence-electron chi connectivity index (χ0n) is 11.3. The van der Waals surface area contributed by atoms with Crippen LogP contribution in [0.25, 0.3) is 0 Å². The highest BCUT2D eigenvalue weighted by Crippen LogP contribution is 2.25. The molecule has 0 saturated heterocycles. The van der Waals surface area contributed by atoms with Crippen LogP contribution in [0, 0.1) is 0 Å². The van der Waals surface area contributed by atoms with Gasteiger partial charge in [0.1, 0.15) is 5.75 Å². The predicted octanol–water partition coefficient (Wildman–Crippen LogP) is 2.26. The van der Waals surface area contributed by atoms with E-state index in [0.29, 0.717) is 6.04 Å². The molecule has 3 heteroatoms. The fraction of sp³-hybridized carbons (Fsp3) is 0.571. The molecule has 0 spiro atoms. The Labute approximate surface area is 104 Å². The molecule has 0 fully saturated rings. The number of hydrogen-bond donors (Lipinski definition) is 2. The Morgan fingerprint density at radius 1 is 1.35 bits per heavy atom. The summed E-state index contributed by atoms with van der Waals surface area (Å²) in [6.45, 7) is 7.14. The topological polar surface area (TPSA) is 47.3 Å². The molecule has 0 aliphatic rings. The van der Waals surface area contributed by atoms with Crippen LogP contribution in [0.3, 0.4) is 0 Å². The third kappa shape index (κ3) is 4.02. The van der Waals surface area contributed by atoms with Gasteiger partial charge in [0.15, 0.2) is 0 Å². The molecular weight excluding hydrogens is 212 g/mol. The number of nitrogens with one attached hydrogen (secondary N) is 1. The summed E-state index contributed by atoms with van der Waals surface area (Å²) in [5.74, 6) is 0.875. The first-order chi connectivity index (χ1) is 8.08. The van der Waals surface area contributed by atoms with E-state index in [1.54, 1.807) is 7.11 Å². The van der Waals surface area contributed by atoms with Crippen LogP contribution in [0.2, 0.25) is 0 Å². The molecule has 1 atom stereocenters. The zero-order chi connectivity index (χ0) is 12.8. The molecule has 0 radical (unpaired) electrons. The van der Waals surface area contributed by atoms with E-state index in [9.17, 15) is 0 Å². The lowest BCUT2D eigenvalue weighted by molar-refractivity contribution is 0.403. The lowest BCUT2D eigenvalue weighted by Crippen LogP contribution is -2.31. The Morgan fingerprint density at radius 2 is 2.06 bits per heavy atom. The van der Waals surface area contributed by atoms with E-state index in [1.807, 2.05) is 6.07 Å². The summed E-state index contributed by atoms with van der Waals surface area (Å²) in [5, 5.41) is 3.35. The first-order valence-corrected chi connectivity index (χ1v) is 6.24. The molecule has 0 aromatic heterocycles. The van der Waals surface area contributed by atoms with Crippen LogP contribution in [-0.2, 0) is 6.42 Å². The maximum Gasteiger partial charge on any atom is 0.123 e. The Balaban J connectivity index is 2.85. The highest BCUT2D eigenvalue weighted by Gasteiger charge is 2.12. The van der Waals surface area contributed by atoms with Gasteiger partial charge >= 0.3 is 0 Å². The van der Waals surface area contributed by atoms with Crippen molar-refractivity contribution >= 4 is 0 Å². The van der Waals surface area contributed by atoms with Crippen LogP contribution < -0.4 is 15.8 Å². The SMILES string of the molecule is CCc1ccc(OC)c(C(N)CNC(C)C)c1. The highest BCUT2D eigenvalue weighted by atomic mass is 16.5. The Bertz CT molecular complexity index is 350. The summed E-state index contributed by atoms with van der Waals surface area (Å²) >= 11 is 0.